The molecule has 5 heteroatoms. The highest BCUT2D eigenvalue weighted by Crippen LogP contribution is 2.12. The van der Waals surface area contributed by atoms with Gasteiger partial charge in [0.05, 0.1) is 14.2 Å². The zero-order valence-corrected chi connectivity index (χ0v) is 10.4. The van der Waals surface area contributed by atoms with Gasteiger partial charge in [0.15, 0.2) is 0 Å². The van der Waals surface area contributed by atoms with E-state index in [1.54, 1.807) is 26.5 Å². The SMILES string of the molecule is COc1ccc(CNc2cccc(OC)n2)cn1. The molecule has 0 saturated carbocycles. The third-order valence-electron chi connectivity index (χ3n) is 2.41. The van der Waals surface area contributed by atoms with Gasteiger partial charge in [0.2, 0.25) is 11.8 Å². The fourth-order valence-corrected chi connectivity index (χ4v) is 1.46. The van der Waals surface area contributed by atoms with Crippen molar-refractivity contribution in [1.29, 1.82) is 0 Å². The Morgan fingerprint density at radius 3 is 2.56 bits per heavy atom. The molecule has 2 aromatic heterocycles. The van der Waals surface area contributed by atoms with Crippen LogP contribution in [-0.4, -0.2) is 24.2 Å². The number of methoxy groups -OCH3 is 2. The number of ether oxygens (including phenoxy) is 2. The van der Waals surface area contributed by atoms with Crippen molar-refractivity contribution in [3.8, 4) is 11.8 Å². The monoisotopic (exact) mass is 245 g/mol. The first-order valence-corrected chi connectivity index (χ1v) is 5.55. The molecule has 2 heterocycles. The molecule has 18 heavy (non-hydrogen) atoms. The van der Waals surface area contributed by atoms with Crippen LogP contribution >= 0.6 is 0 Å². The third kappa shape index (κ3) is 3.10. The third-order valence-corrected chi connectivity index (χ3v) is 2.41. The summed E-state index contributed by atoms with van der Waals surface area (Å²) in [6.45, 7) is 0.650. The second-order valence-corrected chi connectivity index (χ2v) is 3.63. The lowest BCUT2D eigenvalue weighted by Crippen LogP contribution is -2.02. The molecule has 0 aliphatic rings. The molecule has 0 radical (unpaired) electrons. The number of rotatable bonds is 5. The van der Waals surface area contributed by atoms with Crippen LogP contribution in [0.4, 0.5) is 5.82 Å². The Bertz CT molecular complexity index is 500. The topological polar surface area (TPSA) is 56.3 Å². The van der Waals surface area contributed by atoms with Gasteiger partial charge in [-0.3, -0.25) is 0 Å². The van der Waals surface area contributed by atoms with Gasteiger partial charge < -0.3 is 14.8 Å². The molecule has 2 rings (SSSR count). The molecule has 0 aromatic carbocycles. The van der Waals surface area contributed by atoms with E-state index in [1.807, 2.05) is 24.3 Å². The molecule has 2 aromatic rings. The lowest BCUT2D eigenvalue weighted by molar-refractivity contribution is 0.397. The summed E-state index contributed by atoms with van der Waals surface area (Å²) in [5.74, 6) is 1.97. The minimum absolute atomic E-state index is 0.591. The molecule has 1 N–H and O–H groups in total. The maximum absolute atomic E-state index is 5.06. The number of hydrogen-bond donors (Lipinski definition) is 1. The minimum Gasteiger partial charge on any atom is -0.481 e. The van der Waals surface area contributed by atoms with E-state index in [1.165, 1.54) is 0 Å². The molecule has 0 saturated heterocycles. The summed E-state index contributed by atoms with van der Waals surface area (Å²) in [5, 5.41) is 3.20. The van der Waals surface area contributed by atoms with Gasteiger partial charge >= 0.3 is 0 Å². The van der Waals surface area contributed by atoms with Crippen molar-refractivity contribution in [3.05, 3.63) is 42.1 Å². The molecule has 0 fully saturated rings. The highest BCUT2D eigenvalue weighted by molar-refractivity contribution is 5.38. The van der Waals surface area contributed by atoms with Gasteiger partial charge in [0.1, 0.15) is 5.82 Å². The summed E-state index contributed by atoms with van der Waals surface area (Å²) in [6, 6.07) is 9.37. The normalized spacial score (nSPS) is 9.89. The second kappa shape index (κ2) is 5.86. The van der Waals surface area contributed by atoms with Gasteiger partial charge in [0, 0.05) is 24.9 Å². The first kappa shape index (κ1) is 12.2. The van der Waals surface area contributed by atoms with Crippen LogP contribution in [0.1, 0.15) is 5.56 Å². The van der Waals surface area contributed by atoms with Crippen LogP contribution in [0.25, 0.3) is 0 Å². The molecule has 0 aliphatic carbocycles. The summed E-state index contributed by atoms with van der Waals surface area (Å²) < 4.78 is 10.1. The molecule has 5 nitrogen and oxygen atoms in total. The van der Waals surface area contributed by atoms with Crippen molar-refractivity contribution < 1.29 is 9.47 Å². The average molecular weight is 245 g/mol. The van der Waals surface area contributed by atoms with Crippen LogP contribution in [0, 0.1) is 0 Å². The van der Waals surface area contributed by atoms with Crippen LogP contribution in [0.15, 0.2) is 36.5 Å². The summed E-state index contributed by atoms with van der Waals surface area (Å²) in [7, 11) is 3.19. The molecule has 0 atom stereocenters. The van der Waals surface area contributed by atoms with Gasteiger partial charge in [-0.25, -0.2) is 4.98 Å². The predicted octanol–water partition coefficient (Wildman–Crippen LogP) is 2.11. The van der Waals surface area contributed by atoms with Gasteiger partial charge in [-0.05, 0) is 11.6 Å². The Kier molecular flexibility index (Phi) is 3.96. The standard InChI is InChI=1S/C13H15N3O2/c1-17-12-7-6-10(9-15-12)8-14-11-4-3-5-13(16-11)18-2/h3-7,9H,8H2,1-2H3,(H,14,16). The summed E-state index contributed by atoms with van der Waals surface area (Å²) in [6.07, 6.45) is 1.77. The highest BCUT2D eigenvalue weighted by Gasteiger charge is 1.98. The maximum atomic E-state index is 5.06. The fraction of sp³-hybridized carbons (Fsp3) is 0.231. The van der Waals surface area contributed by atoms with Crippen LogP contribution in [0.3, 0.4) is 0 Å². The van der Waals surface area contributed by atoms with Crippen LogP contribution < -0.4 is 14.8 Å². The van der Waals surface area contributed by atoms with Crippen LogP contribution in [0.2, 0.25) is 0 Å². The summed E-state index contributed by atoms with van der Waals surface area (Å²) >= 11 is 0. The first-order valence-electron chi connectivity index (χ1n) is 5.55. The number of pyridine rings is 2. The van der Waals surface area contributed by atoms with Crippen molar-refractivity contribution in [3.63, 3.8) is 0 Å². The maximum Gasteiger partial charge on any atom is 0.214 e. The van der Waals surface area contributed by atoms with E-state index < -0.39 is 0 Å². The van der Waals surface area contributed by atoms with E-state index >= 15 is 0 Å². The second-order valence-electron chi connectivity index (χ2n) is 3.63. The Labute approximate surface area is 106 Å². The first-order chi connectivity index (χ1) is 8.81. The zero-order chi connectivity index (χ0) is 12.8. The predicted molar refractivity (Wildman–Crippen MR) is 68.9 cm³/mol. The minimum atomic E-state index is 0.591. The van der Waals surface area contributed by atoms with E-state index in [0.29, 0.717) is 18.3 Å². The van der Waals surface area contributed by atoms with E-state index in [9.17, 15) is 0 Å². The molecule has 0 aliphatic heterocycles. The van der Waals surface area contributed by atoms with Crippen molar-refractivity contribution in [2.45, 2.75) is 6.54 Å². The smallest absolute Gasteiger partial charge is 0.214 e. The van der Waals surface area contributed by atoms with E-state index in [2.05, 4.69) is 15.3 Å². The highest BCUT2D eigenvalue weighted by atomic mass is 16.5. The molecule has 0 amide bonds. The van der Waals surface area contributed by atoms with E-state index in [-0.39, 0.29) is 0 Å². The van der Waals surface area contributed by atoms with Crippen molar-refractivity contribution >= 4 is 5.82 Å². The summed E-state index contributed by atoms with van der Waals surface area (Å²) in [5.41, 5.74) is 1.06. The molecule has 0 spiro atoms. The Hall–Kier alpha value is -2.30. The molecule has 0 bridgehead atoms. The quantitative estimate of drug-likeness (QED) is 0.874. The number of nitrogens with zero attached hydrogens (tertiary/aromatic N) is 2. The zero-order valence-electron chi connectivity index (χ0n) is 10.4. The fourth-order valence-electron chi connectivity index (χ4n) is 1.46. The van der Waals surface area contributed by atoms with E-state index in [4.69, 9.17) is 9.47 Å². The number of hydrogen-bond acceptors (Lipinski definition) is 5. The summed E-state index contributed by atoms with van der Waals surface area (Å²) in [4.78, 5) is 8.40. The molecule has 0 unspecified atom stereocenters. The lowest BCUT2D eigenvalue weighted by atomic mass is 10.3. The Balaban J connectivity index is 1.97. The van der Waals surface area contributed by atoms with Crippen molar-refractivity contribution in [2.75, 3.05) is 19.5 Å². The lowest BCUT2D eigenvalue weighted by Gasteiger charge is -2.07. The van der Waals surface area contributed by atoms with Crippen molar-refractivity contribution in [1.82, 2.24) is 9.97 Å². The molecular formula is C13H15N3O2. The number of aromatic nitrogens is 2. The number of nitrogens with one attached hydrogen (secondary N) is 1. The van der Waals surface area contributed by atoms with Gasteiger partial charge in [-0.1, -0.05) is 12.1 Å². The van der Waals surface area contributed by atoms with Crippen molar-refractivity contribution in [2.24, 2.45) is 0 Å². The van der Waals surface area contributed by atoms with E-state index in [0.717, 1.165) is 11.4 Å². The molecular weight excluding hydrogens is 230 g/mol. The van der Waals surface area contributed by atoms with Gasteiger partial charge in [0.25, 0.3) is 0 Å². The largest absolute Gasteiger partial charge is 0.481 e. The Morgan fingerprint density at radius 1 is 1.06 bits per heavy atom. The molecule has 94 valence electrons. The Morgan fingerprint density at radius 2 is 1.89 bits per heavy atom. The van der Waals surface area contributed by atoms with Crippen LogP contribution in [0.5, 0.6) is 11.8 Å². The van der Waals surface area contributed by atoms with Gasteiger partial charge in [-0.2, -0.15) is 4.98 Å². The van der Waals surface area contributed by atoms with Gasteiger partial charge in [-0.15, -0.1) is 0 Å². The van der Waals surface area contributed by atoms with Crippen LogP contribution in [-0.2, 0) is 6.54 Å². The number of anilines is 1. The average Bonchev–Trinajstić information content (AvgIpc) is 2.46.